The number of benzene rings is 1. The molecule has 0 atom stereocenters. The summed E-state index contributed by atoms with van der Waals surface area (Å²) in [6.07, 6.45) is 2.37. The van der Waals surface area contributed by atoms with Crippen molar-refractivity contribution < 1.29 is 14.6 Å². The minimum atomic E-state index is -0.980. The lowest BCUT2D eigenvalue weighted by atomic mass is 10.2. The van der Waals surface area contributed by atoms with E-state index in [2.05, 4.69) is 27.6 Å². The third kappa shape index (κ3) is 3.92. The van der Waals surface area contributed by atoms with E-state index in [0.29, 0.717) is 18.8 Å². The zero-order chi connectivity index (χ0) is 13.7. The Labute approximate surface area is 124 Å². The molecule has 0 unspecified atom stereocenters. The molecule has 0 amide bonds. The van der Waals surface area contributed by atoms with E-state index in [-0.39, 0.29) is 5.56 Å². The first kappa shape index (κ1) is 13.8. The zero-order valence-corrected chi connectivity index (χ0v) is 12.2. The number of pyridine rings is 1. The molecule has 0 bridgehead atoms. The fraction of sp³-hybridized carbons (Fsp3) is 0.143. The molecule has 5 heteroatoms. The summed E-state index contributed by atoms with van der Waals surface area (Å²) in [5.74, 6) is -0.588. The van der Waals surface area contributed by atoms with Crippen LogP contribution in [0.5, 0.6) is 5.75 Å². The summed E-state index contributed by atoms with van der Waals surface area (Å²) >= 11 is 2.07. The van der Waals surface area contributed by atoms with E-state index >= 15 is 0 Å². The number of carboxylic acids is 1. The Bertz CT molecular complexity index is 572. The van der Waals surface area contributed by atoms with Crippen molar-refractivity contribution in [2.24, 2.45) is 0 Å². The van der Waals surface area contributed by atoms with E-state index in [1.165, 1.54) is 0 Å². The predicted molar refractivity (Wildman–Crippen MR) is 79.6 cm³/mol. The van der Waals surface area contributed by atoms with Gasteiger partial charge in [-0.2, -0.15) is 0 Å². The van der Waals surface area contributed by atoms with Gasteiger partial charge in [0.25, 0.3) is 0 Å². The second kappa shape index (κ2) is 6.51. The number of rotatable bonds is 5. The molecule has 98 valence electrons. The normalized spacial score (nSPS) is 10.2. The van der Waals surface area contributed by atoms with Crippen LogP contribution in [0.3, 0.4) is 0 Å². The van der Waals surface area contributed by atoms with Crippen LogP contribution in [0.1, 0.15) is 16.1 Å². The van der Waals surface area contributed by atoms with Gasteiger partial charge >= 0.3 is 5.97 Å². The van der Waals surface area contributed by atoms with Gasteiger partial charge in [0.2, 0.25) is 0 Å². The molecule has 0 saturated carbocycles. The number of aromatic nitrogens is 1. The van der Waals surface area contributed by atoms with Gasteiger partial charge < -0.3 is 9.84 Å². The highest BCUT2D eigenvalue weighted by Gasteiger charge is 2.11. The maximum Gasteiger partial charge on any atom is 0.339 e. The molecule has 0 aliphatic rings. The summed E-state index contributed by atoms with van der Waals surface area (Å²) < 4.78 is 6.40. The average molecular weight is 369 g/mol. The van der Waals surface area contributed by atoms with Crippen molar-refractivity contribution in [3.63, 3.8) is 0 Å². The number of hydrogen-bond acceptors (Lipinski definition) is 3. The van der Waals surface area contributed by atoms with Gasteiger partial charge in [-0.05, 0) is 52.9 Å². The molecule has 1 aromatic heterocycles. The molecule has 0 fully saturated rings. The van der Waals surface area contributed by atoms with Crippen LogP contribution in [0.4, 0.5) is 0 Å². The third-order valence-electron chi connectivity index (χ3n) is 2.51. The Morgan fingerprint density at radius 2 is 2.16 bits per heavy atom. The highest BCUT2D eigenvalue weighted by Crippen LogP contribution is 2.21. The summed E-state index contributed by atoms with van der Waals surface area (Å²) in [5, 5.41) is 9.11. The van der Waals surface area contributed by atoms with Crippen LogP contribution in [0.2, 0.25) is 0 Å². The van der Waals surface area contributed by atoms with Crippen LogP contribution in [0.15, 0.2) is 42.6 Å². The van der Waals surface area contributed by atoms with Crippen LogP contribution in [0.25, 0.3) is 0 Å². The molecule has 1 aromatic carbocycles. The second-order valence-corrected chi connectivity index (χ2v) is 5.11. The van der Waals surface area contributed by atoms with Crippen molar-refractivity contribution in [1.82, 2.24) is 4.98 Å². The quantitative estimate of drug-likeness (QED) is 0.824. The molecular formula is C14H12INO3. The fourth-order valence-corrected chi connectivity index (χ4v) is 2.10. The van der Waals surface area contributed by atoms with Gasteiger partial charge in [0, 0.05) is 21.9 Å². The highest BCUT2D eigenvalue weighted by molar-refractivity contribution is 14.1. The van der Waals surface area contributed by atoms with Gasteiger partial charge in [0.05, 0.1) is 6.61 Å². The van der Waals surface area contributed by atoms with Gasteiger partial charge in [-0.3, -0.25) is 4.98 Å². The van der Waals surface area contributed by atoms with Gasteiger partial charge in [0.1, 0.15) is 11.3 Å². The SMILES string of the molecule is O=C(O)c1cc(I)ccc1OCCc1ccccn1. The summed E-state index contributed by atoms with van der Waals surface area (Å²) in [7, 11) is 0. The summed E-state index contributed by atoms with van der Waals surface area (Å²) in [6, 6.07) is 10.8. The highest BCUT2D eigenvalue weighted by atomic mass is 127. The molecule has 0 saturated heterocycles. The number of ether oxygens (including phenoxy) is 1. The number of hydrogen-bond donors (Lipinski definition) is 1. The standard InChI is InChI=1S/C14H12INO3/c15-10-4-5-13(12(9-10)14(17)18)19-8-6-11-3-1-2-7-16-11/h1-5,7,9H,6,8H2,(H,17,18). The van der Waals surface area contributed by atoms with Crippen molar-refractivity contribution in [3.05, 3.63) is 57.4 Å². The van der Waals surface area contributed by atoms with Crippen LogP contribution < -0.4 is 4.74 Å². The second-order valence-electron chi connectivity index (χ2n) is 3.87. The van der Waals surface area contributed by atoms with Gasteiger partial charge in [0.15, 0.2) is 0 Å². The van der Waals surface area contributed by atoms with Crippen LogP contribution in [0, 0.1) is 3.57 Å². The minimum Gasteiger partial charge on any atom is -0.492 e. The van der Waals surface area contributed by atoms with Crippen LogP contribution in [-0.2, 0) is 6.42 Å². The molecule has 1 N–H and O–H groups in total. The summed E-state index contributed by atoms with van der Waals surface area (Å²) in [4.78, 5) is 15.3. The Morgan fingerprint density at radius 3 is 2.84 bits per heavy atom. The van der Waals surface area contributed by atoms with E-state index in [0.717, 1.165) is 9.26 Å². The molecule has 0 spiro atoms. The lowest BCUT2D eigenvalue weighted by Gasteiger charge is -2.09. The first-order valence-corrected chi connectivity index (χ1v) is 6.80. The number of nitrogens with zero attached hydrogens (tertiary/aromatic N) is 1. The van der Waals surface area contributed by atoms with Gasteiger partial charge in [-0.15, -0.1) is 0 Å². The van der Waals surface area contributed by atoms with Crippen LogP contribution >= 0.6 is 22.6 Å². The van der Waals surface area contributed by atoms with E-state index in [4.69, 9.17) is 9.84 Å². The molecule has 1 heterocycles. The monoisotopic (exact) mass is 369 g/mol. The molecule has 2 rings (SSSR count). The number of carboxylic acid groups (broad SMARTS) is 1. The van der Waals surface area contributed by atoms with E-state index < -0.39 is 5.97 Å². The largest absolute Gasteiger partial charge is 0.492 e. The first-order valence-electron chi connectivity index (χ1n) is 5.72. The molecular weight excluding hydrogens is 357 g/mol. The zero-order valence-electron chi connectivity index (χ0n) is 10.0. The summed E-state index contributed by atoms with van der Waals surface area (Å²) in [6.45, 7) is 0.401. The van der Waals surface area contributed by atoms with Crippen molar-refractivity contribution in [2.75, 3.05) is 6.61 Å². The van der Waals surface area contributed by atoms with E-state index in [1.54, 1.807) is 18.3 Å². The molecule has 0 radical (unpaired) electrons. The molecule has 2 aromatic rings. The van der Waals surface area contributed by atoms with E-state index in [1.807, 2.05) is 24.3 Å². The maximum atomic E-state index is 11.1. The first-order chi connectivity index (χ1) is 9.16. The lowest BCUT2D eigenvalue weighted by molar-refractivity contribution is 0.0692. The number of halogens is 1. The van der Waals surface area contributed by atoms with E-state index in [9.17, 15) is 4.79 Å². The van der Waals surface area contributed by atoms with Gasteiger partial charge in [-0.25, -0.2) is 4.79 Å². The van der Waals surface area contributed by atoms with Crippen LogP contribution in [-0.4, -0.2) is 22.7 Å². The fourth-order valence-electron chi connectivity index (χ4n) is 1.61. The third-order valence-corrected chi connectivity index (χ3v) is 3.18. The Balaban J connectivity index is 2.02. The smallest absolute Gasteiger partial charge is 0.339 e. The van der Waals surface area contributed by atoms with Crippen molar-refractivity contribution >= 4 is 28.6 Å². The Hall–Kier alpha value is -1.63. The summed E-state index contributed by atoms with van der Waals surface area (Å²) in [5.41, 5.74) is 1.11. The maximum absolute atomic E-state index is 11.1. The average Bonchev–Trinajstić information content (AvgIpc) is 2.41. The molecule has 0 aliphatic carbocycles. The Morgan fingerprint density at radius 1 is 1.32 bits per heavy atom. The van der Waals surface area contributed by atoms with Crippen molar-refractivity contribution in [1.29, 1.82) is 0 Å². The lowest BCUT2D eigenvalue weighted by Crippen LogP contribution is -2.07. The minimum absolute atomic E-state index is 0.188. The number of aromatic carboxylic acids is 1. The molecule has 4 nitrogen and oxygen atoms in total. The molecule has 19 heavy (non-hydrogen) atoms. The number of carbonyl (C=O) groups is 1. The topological polar surface area (TPSA) is 59.4 Å². The van der Waals surface area contributed by atoms with Crippen molar-refractivity contribution in [2.45, 2.75) is 6.42 Å². The molecule has 0 aliphatic heterocycles. The predicted octanol–water partition coefficient (Wildman–Crippen LogP) is 3.01. The van der Waals surface area contributed by atoms with Crippen molar-refractivity contribution in [3.8, 4) is 5.75 Å². The van der Waals surface area contributed by atoms with Gasteiger partial charge in [-0.1, -0.05) is 6.07 Å². The Kier molecular flexibility index (Phi) is 4.73.